The summed E-state index contributed by atoms with van der Waals surface area (Å²) in [5.74, 6) is 0. The first-order valence-corrected chi connectivity index (χ1v) is 6.31. The minimum absolute atomic E-state index is 0.507. The van der Waals surface area contributed by atoms with E-state index >= 15 is 0 Å². The molecule has 0 saturated carbocycles. The number of methoxy groups -OCH3 is 1. The van der Waals surface area contributed by atoms with E-state index in [1.807, 2.05) is 0 Å². The van der Waals surface area contributed by atoms with Crippen molar-refractivity contribution in [1.82, 2.24) is 10.2 Å². The van der Waals surface area contributed by atoms with Gasteiger partial charge in [0.15, 0.2) is 0 Å². The zero-order valence-electron chi connectivity index (χ0n) is 10.3. The third kappa shape index (κ3) is 5.50. The van der Waals surface area contributed by atoms with Gasteiger partial charge >= 0.3 is 0 Å². The lowest BCUT2D eigenvalue weighted by Gasteiger charge is -2.30. The zero-order valence-corrected chi connectivity index (χ0v) is 10.3. The number of likely N-dealkylation sites (tertiary alicyclic amines) is 1. The normalized spacial score (nSPS) is 20.4. The van der Waals surface area contributed by atoms with Crippen LogP contribution in [0.25, 0.3) is 0 Å². The quantitative estimate of drug-likeness (QED) is 0.695. The van der Waals surface area contributed by atoms with Gasteiger partial charge in [0.25, 0.3) is 0 Å². The van der Waals surface area contributed by atoms with Crippen LogP contribution in [0.5, 0.6) is 0 Å². The van der Waals surface area contributed by atoms with Crippen LogP contribution in [0, 0.1) is 0 Å². The number of hydrogen-bond donors (Lipinski definition) is 1. The molecule has 0 aromatic carbocycles. The molecule has 3 nitrogen and oxygen atoms in total. The van der Waals surface area contributed by atoms with E-state index in [0.717, 1.165) is 19.7 Å². The molecule has 15 heavy (non-hydrogen) atoms. The first kappa shape index (κ1) is 12.9. The van der Waals surface area contributed by atoms with Crippen LogP contribution in [0.2, 0.25) is 0 Å². The first-order valence-electron chi connectivity index (χ1n) is 6.31. The van der Waals surface area contributed by atoms with Gasteiger partial charge in [0.05, 0.1) is 6.61 Å². The molecule has 1 saturated heterocycles. The maximum absolute atomic E-state index is 5.25. The van der Waals surface area contributed by atoms with E-state index < -0.39 is 0 Å². The molecule has 90 valence electrons. The van der Waals surface area contributed by atoms with Gasteiger partial charge in [-0.15, -0.1) is 0 Å². The number of nitrogens with one attached hydrogen (secondary N) is 1. The predicted octanol–water partition coefficient (Wildman–Crippen LogP) is 1.49. The van der Waals surface area contributed by atoms with E-state index in [2.05, 4.69) is 17.1 Å². The molecule has 0 amide bonds. The molecule has 1 rings (SSSR count). The van der Waals surface area contributed by atoms with Gasteiger partial charge in [-0.2, -0.15) is 0 Å². The van der Waals surface area contributed by atoms with E-state index in [9.17, 15) is 0 Å². The molecular formula is C12H26N2O. The molecule has 0 spiro atoms. The summed E-state index contributed by atoms with van der Waals surface area (Å²) in [6.07, 6.45) is 5.34. The van der Waals surface area contributed by atoms with Crippen LogP contribution in [-0.2, 0) is 4.74 Å². The van der Waals surface area contributed by atoms with Crippen LogP contribution in [0.15, 0.2) is 0 Å². The van der Waals surface area contributed by atoms with Crippen LogP contribution in [0.3, 0.4) is 0 Å². The average Bonchev–Trinajstić information content (AvgIpc) is 2.28. The Hall–Kier alpha value is -0.120. The van der Waals surface area contributed by atoms with Crippen molar-refractivity contribution in [3.05, 3.63) is 0 Å². The second-order valence-electron chi connectivity index (χ2n) is 4.47. The molecule has 1 aliphatic heterocycles. The Balaban J connectivity index is 2.21. The van der Waals surface area contributed by atoms with Crippen LogP contribution >= 0.6 is 0 Å². The third-order valence-electron chi connectivity index (χ3n) is 2.98. The van der Waals surface area contributed by atoms with Crippen molar-refractivity contribution < 1.29 is 4.74 Å². The number of rotatable bonds is 7. The standard InChI is InChI=1S/C12H26N2O/c1-3-7-13-12(11-15-2)10-14-8-5-4-6-9-14/h12-13H,3-11H2,1-2H3. The van der Waals surface area contributed by atoms with Gasteiger partial charge in [0, 0.05) is 19.7 Å². The summed E-state index contributed by atoms with van der Waals surface area (Å²) in [7, 11) is 1.79. The Bertz CT molecular complexity index is 147. The van der Waals surface area contributed by atoms with Gasteiger partial charge in [-0.25, -0.2) is 0 Å². The van der Waals surface area contributed by atoms with E-state index in [-0.39, 0.29) is 0 Å². The van der Waals surface area contributed by atoms with Gasteiger partial charge in [-0.05, 0) is 38.9 Å². The minimum atomic E-state index is 0.507. The maximum Gasteiger partial charge on any atom is 0.0628 e. The molecule has 1 heterocycles. The number of nitrogens with zero attached hydrogens (tertiary/aromatic N) is 1. The second kappa shape index (κ2) is 8.08. The highest BCUT2D eigenvalue weighted by atomic mass is 16.5. The molecule has 0 aromatic heterocycles. The summed E-state index contributed by atoms with van der Waals surface area (Å²) in [6, 6.07) is 0.507. The number of hydrogen-bond acceptors (Lipinski definition) is 3. The molecule has 0 aliphatic carbocycles. The minimum Gasteiger partial charge on any atom is -0.383 e. The predicted molar refractivity (Wildman–Crippen MR) is 64.2 cm³/mol. The van der Waals surface area contributed by atoms with Gasteiger partial charge in [0.2, 0.25) is 0 Å². The number of piperidine rings is 1. The highest BCUT2D eigenvalue weighted by Gasteiger charge is 2.15. The van der Waals surface area contributed by atoms with E-state index in [1.165, 1.54) is 38.8 Å². The molecule has 1 fully saturated rings. The smallest absolute Gasteiger partial charge is 0.0628 e. The van der Waals surface area contributed by atoms with Crippen molar-refractivity contribution >= 4 is 0 Å². The van der Waals surface area contributed by atoms with Crippen molar-refractivity contribution in [2.75, 3.05) is 39.9 Å². The molecular weight excluding hydrogens is 188 g/mol. The van der Waals surface area contributed by atoms with Gasteiger partial charge < -0.3 is 15.0 Å². The van der Waals surface area contributed by atoms with E-state index in [1.54, 1.807) is 7.11 Å². The van der Waals surface area contributed by atoms with Gasteiger partial charge in [0.1, 0.15) is 0 Å². The Morgan fingerprint density at radius 2 is 2.00 bits per heavy atom. The summed E-state index contributed by atoms with van der Waals surface area (Å²) < 4.78 is 5.25. The van der Waals surface area contributed by atoms with Crippen molar-refractivity contribution in [2.45, 2.75) is 38.6 Å². The summed E-state index contributed by atoms with van der Waals surface area (Å²) in [5.41, 5.74) is 0. The largest absolute Gasteiger partial charge is 0.383 e. The molecule has 1 N–H and O–H groups in total. The lowest BCUT2D eigenvalue weighted by Crippen LogP contribution is -2.45. The molecule has 1 aliphatic rings. The first-order chi connectivity index (χ1) is 7.36. The van der Waals surface area contributed by atoms with Gasteiger partial charge in [-0.3, -0.25) is 0 Å². The third-order valence-corrected chi connectivity index (χ3v) is 2.98. The average molecular weight is 214 g/mol. The molecule has 0 aromatic rings. The fraction of sp³-hybridized carbons (Fsp3) is 1.00. The molecule has 0 bridgehead atoms. The topological polar surface area (TPSA) is 24.5 Å². The van der Waals surface area contributed by atoms with Crippen molar-refractivity contribution in [3.8, 4) is 0 Å². The van der Waals surface area contributed by atoms with Crippen LogP contribution in [0.1, 0.15) is 32.6 Å². The van der Waals surface area contributed by atoms with Crippen molar-refractivity contribution in [3.63, 3.8) is 0 Å². The van der Waals surface area contributed by atoms with Crippen molar-refractivity contribution in [1.29, 1.82) is 0 Å². The van der Waals surface area contributed by atoms with Gasteiger partial charge in [-0.1, -0.05) is 13.3 Å². The fourth-order valence-electron chi connectivity index (χ4n) is 2.18. The van der Waals surface area contributed by atoms with Crippen LogP contribution in [0.4, 0.5) is 0 Å². The Morgan fingerprint density at radius 1 is 1.27 bits per heavy atom. The monoisotopic (exact) mass is 214 g/mol. The molecule has 1 atom stereocenters. The summed E-state index contributed by atoms with van der Waals surface area (Å²) in [5, 5.41) is 3.55. The fourth-order valence-corrected chi connectivity index (χ4v) is 2.18. The number of ether oxygens (including phenoxy) is 1. The summed E-state index contributed by atoms with van der Waals surface area (Å²) >= 11 is 0. The maximum atomic E-state index is 5.25. The zero-order chi connectivity index (χ0) is 10.9. The lowest BCUT2D eigenvalue weighted by molar-refractivity contribution is 0.129. The SMILES string of the molecule is CCCNC(COC)CN1CCCCC1. The molecule has 3 heteroatoms. The van der Waals surface area contributed by atoms with Crippen LogP contribution < -0.4 is 5.32 Å². The van der Waals surface area contributed by atoms with Crippen molar-refractivity contribution in [2.24, 2.45) is 0 Å². The second-order valence-corrected chi connectivity index (χ2v) is 4.47. The molecule has 0 radical (unpaired) electrons. The Morgan fingerprint density at radius 3 is 2.60 bits per heavy atom. The van der Waals surface area contributed by atoms with E-state index in [4.69, 9.17) is 4.74 Å². The summed E-state index contributed by atoms with van der Waals surface area (Å²) in [4.78, 5) is 2.57. The highest BCUT2D eigenvalue weighted by molar-refractivity contribution is 4.74. The summed E-state index contributed by atoms with van der Waals surface area (Å²) in [6.45, 7) is 7.83. The Labute approximate surface area is 94.2 Å². The van der Waals surface area contributed by atoms with E-state index in [0.29, 0.717) is 6.04 Å². The highest BCUT2D eigenvalue weighted by Crippen LogP contribution is 2.08. The molecule has 1 unspecified atom stereocenters. The lowest BCUT2D eigenvalue weighted by atomic mass is 10.1. The Kier molecular flexibility index (Phi) is 6.98. The van der Waals surface area contributed by atoms with Crippen LogP contribution in [-0.4, -0.2) is 50.8 Å².